The number of carbonyl (C=O) groups is 2. The molecule has 29 heavy (non-hydrogen) atoms. The van der Waals surface area contributed by atoms with Crippen molar-refractivity contribution in [2.75, 3.05) is 25.0 Å². The van der Waals surface area contributed by atoms with Gasteiger partial charge in [-0.25, -0.2) is 0 Å². The second-order valence-electron chi connectivity index (χ2n) is 6.57. The number of nitrogens with zero attached hydrogens (tertiary/aromatic N) is 2. The van der Waals surface area contributed by atoms with Gasteiger partial charge < -0.3 is 19.7 Å². The molecule has 0 saturated carbocycles. The maximum absolute atomic E-state index is 12.6. The van der Waals surface area contributed by atoms with E-state index in [1.165, 1.54) is 22.5 Å². The molecule has 7 nitrogen and oxygen atoms in total. The summed E-state index contributed by atoms with van der Waals surface area (Å²) in [5.74, 6) is -0.448. The van der Waals surface area contributed by atoms with Crippen LogP contribution in [0.15, 0.2) is 24.3 Å². The zero-order valence-corrected chi connectivity index (χ0v) is 16.8. The van der Waals surface area contributed by atoms with Crippen LogP contribution in [0.2, 0.25) is 0 Å². The number of amides is 2. The molecule has 2 amide bonds. The standard InChI is InChI=1S/C19H21F2N3O4S/c1-3-27-15-7-12(4-5-14(15)28-19(20)21)13-8-18(26)24(9-13)10-16(25)22-17-6-11(2)23-29-17/h4-7,13,19H,3,8-10H2,1-2H3,(H,22,25)/t13-/m1/s1. The van der Waals surface area contributed by atoms with E-state index in [1.807, 2.05) is 6.92 Å². The van der Waals surface area contributed by atoms with Crippen molar-refractivity contribution >= 4 is 28.3 Å². The van der Waals surface area contributed by atoms with Crippen molar-refractivity contribution < 1.29 is 27.8 Å². The maximum Gasteiger partial charge on any atom is 0.387 e. The lowest BCUT2D eigenvalue weighted by Gasteiger charge is -2.17. The molecule has 156 valence electrons. The molecule has 0 aliphatic carbocycles. The molecule has 1 aliphatic heterocycles. The number of alkyl halides is 2. The van der Waals surface area contributed by atoms with Gasteiger partial charge in [0.05, 0.1) is 18.8 Å². The third-order valence-corrected chi connectivity index (χ3v) is 5.19. The minimum Gasteiger partial charge on any atom is -0.490 e. The van der Waals surface area contributed by atoms with E-state index >= 15 is 0 Å². The number of hydrogen-bond donors (Lipinski definition) is 1. The van der Waals surface area contributed by atoms with Crippen LogP contribution in [0.1, 0.15) is 30.5 Å². The van der Waals surface area contributed by atoms with Crippen LogP contribution >= 0.6 is 11.5 Å². The van der Waals surface area contributed by atoms with Gasteiger partial charge in [0.25, 0.3) is 0 Å². The Kier molecular flexibility index (Phi) is 6.63. The van der Waals surface area contributed by atoms with Crippen LogP contribution < -0.4 is 14.8 Å². The number of benzene rings is 1. The van der Waals surface area contributed by atoms with E-state index in [2.05, 4.69) is 14.4 Å². The SMILES string of the molecule is CCOc1cc([C@@H]2CC(=O)N(CC(=O)Nc3cc(C)ns3)C2)ccc1OC(F)F. The predicted octanol–water partition coefficient (Wildman–Crippen LogP) is 3.41. The zero-order chi connectivity index (χ0) is 21.0. The third-order valence-electron chi connectivity index (χ3n) is 4.39. The van der Waals surface area contributed by atoms with Gasteiger partial charge in [-0.2, -0.15) is 13.2 Å². The Morgan fingerprint density at radius 3 is 2.83 bits per heavy atom. The summed E-state index contributed by atoms with van der Waals surface area (Å²) in [6.07, 6.45) is 0.230. The first kappa shape index (κ1) is 21.0. The Hall–Kier alpha value is -2.75. The van der Waals surface area contributed by atoms with Crippen LogP contribution in [0.5, 0.6) is 11.5 Å². The fraction of sp³-hybridized carbons (Fsp3) is 0.421. The van der Waals surface area contributed by atoms with Crippen molar-refractivity contribution in [3.05, 3.63) is 35.5 Å². The topological polar surface area (TPSA) is 80.8 Å². The Balaban J connectivity index is 1.65. The summed E-state index contributed by atoms with van der Waals surface area (Å²) in [4.78, 5) is 26.1. The minimum atomic E-state index is -2.95. The van der Waals surface area contributed by atoms with Crippen molar-refractivity contribution in [3.8, 4) is 11.5 Å². The first-order valence-electron chi connectivity index (χ1n) is 9.08. The molecule has 1 aromatic heterocycles. The second kappa shape index (κ2) is 9.17. The lowest BCUT2D eigenvalue weighted by Crippen LogP contribution is -2.34. The first-order valence-corrected chi connectivity index (χ1v) is 9.85. The van der Waals surface area contributed by atoms with Crippen LogP contribution in [-0.2, 0) is 9.59 Å². The highest BCUT2D eigenvalue weighted by Gasteiger charge is 2.32. The Morgan fingerprint density at radius 2 is 2.17 bits per heavy atom. The van der Waals surface area contributed by atoms with Crippen molar-refractivity contribution in [3.63, 3.8) is 0 Å². The molecular formula is C19H21F2N3O4S. The molecule has 1 aromatic carbocycles. The fourth-order valence-electron chi connectivity index (χ4n) is 3.16. The minimum absolute atomic E-state index is 0.0500. The number of rotatable bonds is 8. The quantitative estimate of drug-likeness (QED) is 0.701. The van der Waals surface area contributed by atoms with Gasteiger partial charge in [-0.3, -0.25) is 9.59 Å². The Bertz CT molecular complexity index is 890. The number of hydrogen-bond acceptors (Lipinski definition) is 6. The molecule has 2 aromatic rings. The van der Waals surface area contributed by atoms with Crippen molar-refractivity contribution in [2.45, 2.75) is 32.8 Å². The van der Waals surface area contributed by atoms with Gasteiger partial charge in [0.2, 0.25) is 11.8 Å². The average molecular weight is 425 g/mol. The van der Waals surface area contributed by atoms with Gasteiger partial charge in [-0.05, 0) is 49.1 Å². The van der Waals surface area contributed by atoms with Crippen LogP contribution in [0.25, 0.3) is 0 Å². The largest absolute Gasteiger partial charge is 0.490 e. The van der Waals surface area contributed by atoms with Crippen LogP contribution in [0.4, 0.5) is 13.8 Å². The lowest BCUT2D eigenvalue weighted by molar-refractivity contribution is -0.131. The number of carbonyl (C=O) groups excluding carboxylic acids is 2. The number of likely N-dealkylation sites (tertiary alicyclic amines) is 1. The number of aryl methyl sites for hydroxylation is 1. The Morgan fingerprint density at radius 1 is 1.38 bits per heavy atom. The molecule has 1 N–H and O–H groups in total. The maximum atomic E-state index is 12.6. The Labute approximate surface area is 170 Å². The summed E-state index contributed by atoms with van der Waals surface area (Å²) < 4.78 is 39.1. The van der Waals surface area contributed by atoms with E-state index in [0.29, 0.717) is 11.5 Å². The van der Waals surface area contributed by atoms with Gasteiger partial charge in [0.15, 0.2) is 11.5 Å². The number of anilines is 1. The molecule has 0 bridgehead atoms. The molecule has 3 rings (SSSR count). The molecule has 1 atom stereocenters. The molecule has 1 saturated heterocycles. The highest BCUT2D eigenvalue weighted by atomic mass is 32.1. The molecule has 0 radical (unpaired) electrons. The van der Waals surface area contributed by atoms with Crippen LogP contribution in [0.3, 0.4) is 0 Å². The van der Waals surface area contributed by atoms with Gasteiger partial charge in [-0.15, -0.1) is 0 Å². The molecule has 1 fully saturated rings. The number of halogens is 2. The van der Waals surface area contributed by atoms with Gasteiger partial charge in [-0.1, -0.05) is 6.07 Å². The molecule has 10 heteroatoms. The van der Waals surface area contributed by atoms with Crippen molar-refractivity contribution in [1.82, 2.24) is 9.27 Å². The van der Waals surface area contributed by atoms with E-state index in [1.54, 1.807) is 25.1 Å². The van der Waals surface area contributed by atoms with Crippen molar-refractivity contribution in [1.29, 1.82) is 0 Å². The van der Waals surface area contributed by atoms with E-state index < -0.39 is 6.61 Å². The number of nitrogens with one attached hydrogen (secondary N) is 1. The van der Waals surface area contributed by atoms with E-state index in [9.17, 15) is 18.4 Å². The summed E-state index contributed by atoms with van der Waals surface area (Å²) in [6.45, 7) is 1.20. The first-order chi connectivity index (χ1) is 13.9. The third kappa shape index (κ3) is 5.41. The number of aromatic nitrogens is 1. The van der Waals surface area contributed by atoms with E-state index in [-0.39, 0.29) is 48.8 Å². The summed E-state index contributed by atoms with van der Waals surface area (Å²) in [7, 11) is 0. The molecule has 0 spiro atoms. The summed E-state index contributed by atoms with van der Waals surface area (Å²) in [6, 6.07) is 6.43. The predicted molar refractivity (Wildman–Crippen MR) is 104 cm³/mol. The smallest absolute Gasteiger partial charge is 0.387 e. The fourth-order valence-corrected chi connectivity index (χ4v) is 3.84. The highest BCUT2D eigenvalue weighted by Crippen LogP contribution is 2.35. The second-order valence-corrected chi connectivity index (χ2v) is 7.38. The molecule has 0 unspecified atom stereocenters. The van der Waals surface area contributed by atoms with Gasteiger partial charge in [0.1, 0.15) is 5.00 Å². The van der Waals surface area contributed by atoms with Gasteiger partial charge in [0, 0.05) is 18.9 Å². The highest BCUT2D eigenvalue weighted by molar-refractivity contribution is 7.10. The molecular weight excluding hydrogens is 404 g/mol. The lowest BCUT2D eigenvalue weighted by atomic mass is 9.98. The molecule has 2 heterocycles. The summed E-state index contributed by atoms with van der Waals surface area (Å²) in [5, 5.41) is 3.36. The van der Waals surface area contributed by atoms with Crippen LogP contribution in [0, 0.1) is 6.92 Å². The molecule has 1 aliphatic rings. The monoisotopic (exact) mass is 425 g/mol. The zero-order valence-electron chi connectivity index (χ0n) is 16.0. The summed E-state index contributed by atoms with van der Waals surface area (Å²) >= 11 is 1.18. The van der Waals surface area contributed by atoms with Crippen molar-refractivity contribution in [2.24, 2.45) is 0 Å². The van der Waals surface area contributed by atoms with Gasteiger partial charge >= 0.3 is 6.61 Å². The van der Waals surface area contributed by atoms with E-state index in [4.69, 9.17) is 4.74 Å². The van der Waals surface area contributed by atoms with E-state index in [0.717, 1.165) is 11.3 Å². The average Bonchev–Trinajstić information content (AvgIpc) is 3.22. The summed E-state index contributed by atoms with van der Waals surface area (Å²) in [5.41, 5.74) is 1.58. The normalized spacial score (nSPS) is 16.4. The number of ether oxygens (including phenoxy) is 2. The van der Waals surface area contributed by atoms with Crippen LogP contribution in [-0.4, -0.2) is 47.4 Å².